The second-order valence-electron chi connectivity index (χ2n) is 4.02. The normalized spacial score (nSPS) is 11.6. The maximum atomic E-state index is 5.27. The summed E-state index contributed by atoms with van der Waals surface area (Å²) in [6.45, 7) is 14.9. The summed E-state index contributed by atoms with van der Waals surface area (Å²) in [5.41, 5.74) is 0. The van der Waals surface area contributed by atoms with E-state index in [4.69, 9.17) is 4.74 Å². The lowest BCUT2D eigenvalue weighted by molar-refractivity contribution is 0.144. The van der Waals surface area contributed by atoms with Crippen molar-refractivity contribution >= 4 is 0 Å². The molecule has 0 saturated carbocycles. The fourth-order valence-electron chi connectivity index (χ4n) is 1.57. The van der Waals surface area contributed by atoms with Crippen LogP contribution in [0, 0.1) is 0 Å². The van der Waals surface area contributed by atoms with Crippen LogP contribution in [0.1, 0.15) is 34.1 Å². The van der Waals surface area contributed by atoms with Crippen LogP contribution in [-0.4, -0.2) is 50.3 Å². The minimum atomic E-state index is 0.653. The van der Waals surface area contributed by atoms with Crippen molar-refractivity contribution in [2.24, 2.45) is 0 Å². The van der Waals surface area contributed by atoms with E-state index in [1.165, 1.54) is 0 Å². The van der Waals surface area contributed by atoms with Crippen molar-refractivity contribution in [3.8, 4) is 0 Å². The van der Waals surface area contributed by atoms with Crippen LogP contribution >= 0.6 is 0 Å². The second-order valence-corrected chi connectivity index (χ2v) is 4.02. The highest BCUT2D eigenvalue weighted by Crippen LogP contribution is 1.95. The van der Waals surface area contributed by atoms with Crippen LogP contribution in [-0.2, 0) is 4.74 Å². The molecule has 0 aromatic heterocycles. The molecule has 0 rings (SSSR count). The molecule has 0 heterocycles. The van der Waals surface area contributed by atoms with Gasteiger partial charge in [0.1, 0.15) is 0 Å². The highest BCUT2D eigenvalue weighted by molar-refractivity contribution is 4.62. The molecule has 0 radical (unpaired) electrons. The molecule has 0 aliphatic rings. The monoisotopic (exact) mass is 216 g/mol. The Morgan fingerprint density at radius 3 is 2.47 bits per heavy atom. The summed E-state index contributed by atoms with van der Waals surface area (Å²) < 4.78 is 5.27. The van der Waals surface area contributed by atoms with Gasteiger partial charge in [0.05, 0.1) is 0 Å². The van der Waals surface area contributed by atoms with Gasteiger partial charge in [-0.3, -0.25) is 4.90 Å². The average Bonchev–Trinajstić information content (AvgIpc) is 2.21. The quantitative estimate of drug-likeness (QED) is 0.563. The Morgan fingerprint density at radius 2 is 1.93 bits per heavy atom. The Hall–Kier alpha value is -0.120. The molecular formula is C12H28N2O. The van der Waals surface area contributed by atoms with Gasteiger partial charge in [-0.05, 0) is 40.3 Å². The van der Waals surface area contributed by atoms with E-state index >= 15 is 0 Å². The van der Waals surface area contributed by atoms with Gasteiger partial charge in [0.15, 0.2) is 0 Å². The minimum absolute atomic E-state index is 0.653. The fourth-order valence-corrected chi connectivity index (χ4v) is 1.57. The lowest BCUT2D eigenvalue weighted by atomic mass is 10.3. The zero-order valence-electron chi connectivity index (χ0n) is 10.9. The average molecular weight is 216 g/mol. The maximum Gasteiger partial charge on any atom is 0.0477 e. The molecule has 15 heavy (non-hydrogen) atoms. The molecule has 0 aromatic carbocycles. The third-order valence-corrected chi connectivity index (χ3v) is 2.56. The zero-order chi connectivity index (χ0) is 11.5. The van der Waals surface area contributed by atoms with E-state index in [9.17, 15) is 0 Å². The van der Waals surface area contributed by atoms with Gasteiger partial charge in [-0.15, -0.1) is 0 Å². The van der Waals surface area contributed by atoms with E-state index in [0.717, 1.165) is 45.8 Å². The zero-order valence-corrected chi connectivity index (χ0v) is 10.9. The van der Waals surface area contributed by atoms with Crippen LogP contribution in [0.2, 0.25) is 0 Å². The van der Waals surface area contributed by atoms with Crippen molar-refractivity contribution in [3.63, 3.8) is 0 Å². The highest BCUT2D eigenvalue weighted by Gasteiger charge is 2.04. The summed E-state index contributed by atoms with van der Waals surface area (Å²) in [6, 6.07) is 0.653. The molecule has 0 bridgehead atoms. The van der Waals surface area contributed by atoms with Gasteiger partial charge in [-0.2, -0.15) is 0 Å². The molecule has 3 heteroatoms. The van der Waals surface area contributed by atoms with Crippen molar-refractivity contribution < 1.29 is 4.74 Å². The van der Waals surface area contributed by atoms with E-state index in [1.807, 2.05) is 6.92 Å². The number of hydrogen-bond acceptors (Lipinski definition) is 3. The third-order valence-electron chi connectivity index (χ3n) is 2.56. The van der Waals surface area contributed by atoms with Gasteiger partial charge in [-0.25, -0.2) is 0 Å². The molecule has 0 fully saturated rings. The SMILES string of the molecule is CCOCCCNCCN(CC)C(C)C. The first-order valence-corrected chi connectivity index (χ1v) is 6.24. The van der Waals surface area contributed by atoms with Crippen LogP contribution in [0.5, 0.6) is 0 Å². The van der Waals surface area contributed by atoms with Crippen LogP contribution in [0.25, 0.3) is 0 Å². The van der Waals surface area contributed by atoms with Gasteiger partial charge >= 0.3 is 0 Å². The Morgan fingerprint density at radius 1 is 1.20 bits per heavy atom. The second kappa shape index (κ2) is 10.4. The van der Waals surface area contributed by atoms with Crippen molar-refractivity contribution in [2.45, 2.75) is 40.2 Å². The summed E-state index contributed by atoms with van der Waals surface area (Å²) >= 11 is 0. The molecule has 0 amide bonds. The van der Waals surface area contributed by atoms with E-state index in [2.05, 4.69) is 31.0 Å². The standard InChI is InChI=1S/C12H28N2O/c1-5-14(12(3)4)10-9-13-8-7-11-15-6-2/h12-13H,5-11H2,1-4H3. The number of likely N-dealkylation sites (N-methyl/N-ethyl adjacent to an activating group) is 1. The Labute approximate surface area is 95.2 Å². The van der Waals surface area contributed by atoms with Gasteiger partial charge in [-0.1, -0.05) is 6.92 Å². The van der Waals surface area contributed by atoms with Crippen molar-refractivity contribution in [2.75, 3.05) is 39.4 Å². The summed E-state index contributed by atoms with van der Waals surface area (Å²) in [4.78, 5) is 2.47. The summed E-state index contributed by atoms with van der Waals surface area (Å²) in [5, 5.41) is 3.44. The van der Waals surface area contributed by atoms with Crippen molar-refractivity contribution in [1.82, 2.24) is 10.2 Å². The fraction of sp³-hybridized carbons (Fsp3) is 1.00. The highest BCUT2D eigenvalue weighted by atomic mass is 16.5. The summed E-state index contributed by atoms with van der Waals surface area (Å²) in [5.74, 6) is 0. The van der Waals surface area contributed by atoms with Crippen LogP contribution < -0.4 is 5.32 Å². The van der Waals surface area contributed by atoms with Crippen LogP contribution in [0.15, 0.2) is 0 Å². The van der Waals surface area contributed by atoms with Crippen molar-refractivity contribution in [3.05, 3.63) is 0 Å². The first-order valence-electron chi connectivity index (χ1n) is 6.24. The molecule has 0 aromatic rings. The lowest BCUT2D eigenvalue weighted by Crippen LogP contribution is -2.37. The van der Waals surface area contributed by atoms with E-state index < -0.39 is 0 Å². The van der Waals surface area contributed by atoms with Crippen LogP contribution in [0.4, 0.5) is 0 Å². The first kappa shape index (κ1) is 14.9. The number of ether oxygens (including phenoxy) is 1. The predicted octanol–water partition coefficient (Wildman–Crippen LogP) is 1.73. The van der Waals surface area contributed by atoms with E-state index in [1.54, 1.807) is 0 Å². The Bertz CT molecular complexity index is 129. The molecule has 1 N–H and O–H groups in total. The Kier molecular flexibility index (Phi) is 10.3. The van der Waals surface area contributed by atoms with Gasteiger partial charge in [0.2, 0.25) is 0 Å². The number of nitrogens with one attached hydrogen (secondary N) is 1. The minimum Gasteiger partial charge on any atom is -0.382 e. The van der Waals surface area contributed by atoms with Crippen molar-refractivity contribution in [1.29, 1.82) is 0 Å². The molecule has 0 aliphatic carbocycles. The largest absolute Gasteiger partial charge is 0.382 e. The third kappa shape index (κ3) is 8.85. The smallest absolute Gasteiger partial charge is 0.0477 e. The Balaban J connectivity index is 3.22. The first-order chi connectivity index (χ1) is 7.22. The number of rotatable bonds is 10. The molecule has 0 aliphatic heterocycles. The maximum absolute atomic E-state index is 5.27. The summed E-state index contributed by atoms with van der Waals surface area (Å²) in [7, 11) is 0. The molecular weight excluding hydrogens is 188 g/mol. The molecule has 0 atom stereocenters. The molecule has 92 valence electrons. The summed E-state index contributed by atoms with van der Waals surface area (Å²) in [6.07, 6.45) is 1.11. The van der Waals surface area contributed by atoms with Crippen LogP contribution in [0.3, 0.4) is 0 Å². The molecule has 3 nitrogen and oxygen atoms in total. The van der Waals surface area contributed by atoms with Gasteiger partial charge < -0.3 is 10.1 Å². The molecule has 0 unspecified atom stereocenters. The van der Waals surface area contributed by atoms with Gasteiger partial charge in [0.25, 0.3) is 0 Å². The van der Waals surface area contributed by atoms with E-state index in [0.29, 0.717) is 6.04 Å². The molecule has 0 saturated heterocycles. The number of nitrogens with zero attached hydrogens (tertiary/aromatic N) is 1. The topological polar surface area (TPSA) is 24.5 Å². The predicted molar refractivity (Wildman–Crippen MR) is 66.4 cm³/mol. The lowest BCUT2D eigenvalue weighted by Gasteiger charge is -2.24. The van der Waals surface area contributed by atoms with E-state index in [-0.39, 0.29) is 0 Å². The number of hydrogen-bond donors (Lipinski definition) is 1. The molecule has 0 spiro atoms. The van der Waals surface area contributed by atoms with Gasteiger partial charge in [0, 0.05) is 32.3 Å².